The second-order valence-electron chi connectivity index (χ2n) is 8.69. The second kappa shape index (κ2) is 10.3. The zero-order valence-electron chi connectivity index (χ0n) is 18.2. The van der Waals surface area contributed by atoms with Crippen LogP contribution in [0.4, 0.5) is 10.5 Å². The van der Waals surface area contributed by atoms with E-state index in [9.17, 15) is 9.59 Å². The maximum atomic E-state index is 13.1. The number of carbonyl (C=O) groups excluding carboxylic acids is 2. The van der Waals surface area contributed by atoms with Gasteiger partial charge in [-0.2, -0.15) is 0 Å². The van der Waals surface area contributed by atoms with Gasteiger partial charge in [-0.3, -0.25) is 4.79 Å². The first-order valence-corrected chi connectivity index (χ1v) is 10.9. The highest BCUT2D eigenvalue weighted by Gasteiger charge is 2.30. The minimum atomic E-state index is -0.180. The van der Waals surface area contributed by atoms with Gasteiger partial charge in [0.15, 0.2) is 0 Å². The van der Waals surface area contributed by atoms with E-state index in [2.05, 4.69) is 36.6 Å². The van der Waals surface area contributed by atoms with Crippen LogP contribution in [0.15, 0.2) is 54.6 Å². The Balaban J connectivity index is 1.62. The van der Waals surface area contributed by atoms with Crippen LogP contribution in [0.25, 0.3) is 0 Å². The summed E-state index contributed by atoms with van der Waals surface area (Å²) in [7, 11) is 0. The van der Waals surface area contributed by atoms with Gasteiger partial charge in [0.05, 0.1) is 12.0 Å². The van der Waals surface area contributed by atoms with Crippen LogP contribution in [0.1, 0.15) is 50.3 Å². The molecule has 1 saturated heterocycles. The number of amides is 3. The van der Waals surface area contributed by atoms with Gasteiger partial charge in [-0.1, -0.05) is 56.3 Å². The van der Waals surface area contributed by atoms with Crippen molar-refractivity contribution in [2.75, 3.05) is 18.4 Å². The quantitative estimate of drug-likeness (QED) is 0.696. The van der Waals surface area contributed by atoms with E-state index in [0.29, 0.717) is 19.0 Å². The van der Waals surface area contributed by atoms with E-state index >= 15 is 0 Å². The standard InChI is InChI=1S/C25H33N3O2/c1-18(2)15-23(20-10-5-4-6-11-20)27-24(29)21-12-8-14-28(17-21)25(30)26-22-13-7-9-19(3)16-22/h4-7,9-11,13,16,18,21,23H,8,12,14-15,17H2,1-3H3,(H,26,30)(H,27,29)/t21-,23+/m1/s1. The molecule has 0 bridgehead atoms. The molecular formula is C25H33N3O2. The summed E-state index contributed by atoms with van der Waals surface area (Å²) in [6.45, 7) is 7.46. The van der Waals surface area contributed by atoms with Crippen LogP contribution in [-0.4, -0.2) is 29.9 Å². The number of carbonyl (C=O) groups is 2. The summed E-state index contributed by atoms with van der Waals surface area (Å²) < 4.78 is 0. The molecule has 160 valence electrons. The van der Waals surface area contributed by atoms with Crippen molar-refractivity contribution < 1.29 is 9.59 Å². The molecule has 0 aliphatic carbocycles. The van der Waals surface area contributed by atoms with Gasteiger partial charge in [-0.15, -0.1) is 0 Å². The third-order valence-electron chi connectivity index (χ3n) is 5.57. The van der Waals surface area contributed by atoms with Crippen LogP contribution in [0, 0.1) is 18.8 Å². The van der Waals surface area contributed by atoms with Crippen LogP contribution >= 0.6 is 0 Å². The topological polar surface area (TPSA) is 61.4 Å². The number of nitrogens with zero attached hydrogens (tertiary/aromatic N) is 1. The van der Waals surface area contributed by atoms with Gasteiger partial charge in [0.1, 0.15) is 0 Å². The summed E-state index contributed by atoms with van der Waals surface area (Å²) in [6, 6.07) is 17.7. The van der Waals surface area contributed by atoms with Crippen LogP contribution in [-0.2, 0) is 4.79 Å². The molecule has 5 nitrogen and oxygen atoms in total. The van der Waals surface area contributed by atoms with Crippen molar-refractivity contribution >= 4 is 17.6 Å². The highest BCUT2D eigenvalue weighted by atomic mass is 16.2. The Morgan fingerprint density at radius 1 is 1.10 bits per heavy atom. The molecular weight excluding hydrogens is 374 g/mol. The first-order chi connectivity index (χ1) is 14.4. The molecule has 0 unspecified atom stereocenters. The molecule has 0 aromatic heterocycles. The maximum absolute atomic E-state index is 13.1. The third-order valence-corrected chi connectivity index (χ3v) is 5.57. The Morgan fingerprint density at radius 3 is 2.57 bits per heavy atom. The molecule has 1 fully saturated rings. The predicted molar refractivity (Wildman–Crippen MR) is 121 cm³/mol. The normalized spacial score (nSPS) is 17.5. The van der Waals surface area contributed by atoms with E-state index < -0.39 is 0 Å². The van der Waals surface area contributed by atoms with Crippen molar-refractivity contribution in [2.45, 2.75) is 46.1 Å². The summed E-state index contributed by atoms with van der Waals surface area (Å²) in [6.07, 6.45) is 2.53. The van der Waals surface area contributed by atoms with Crippen molar-refractivity contribution in [3.05, 3.63) is 65.7 Å². The number of anilines is 1. The largest absolute Gasteiger partial charge is 0.349 e. The monoisotopic (exact) mass is 407 g/mol. The summed E-state index contributed by atoms with van der Waals surface area (Å²) in [5.74, 6) is 0.330. The Kier molecular flexibility index (Phi) is 7.50. The molecule has 2 aromatic rings. The molecule has 0 radical (unpaired) electrons. The van der Waals surface area contributed by atoms with Gasteiger partial charge in [-0.05, 0) is 55.4 Å². The van der Waals surface area contributed by atoms with Crippen LogP contribution in [0.5, 0.6) is 0 Å². The van der Waals surface area contributed by atoms with E-state index in [1.165, 1.54) is 0 Å². The molecule has 1 heterocycles. The Hall–Kier alpha value is -2.82. The molecule has 30 heavy (non-hydrogen) atoms. The molecule has 1 aliphatic heterocycles. The fraction of sp³-hybridized carbons (Fsp3) is 0.440. The van der Waals surface area contributed by atoms with Crippen molar-refractivity contribution in [1.29, 1.82) is 0 Å². The van der Waals surface area contributed by atoms with Gasteiger partial charge >= 0.3 is 6.03 Å². The lowest BCUT2D eigenvalue weighted by atomic mass is 9.93. The number of piperidine rings is 1. The average Bonchev–Trinajstić information content (AvgIpc) is 2.73. The molecule has 3 rings (SSSR count). The van der Waals surface area contributed by atoms with Crippen molar-refractivity contribution in [3.63, 3.8) is 0 Å². The van der Waals surface area contributed by atoms with Crippen molar-refractivity contribution in [2.24, 2.45) is 11.8 Å². The van der Waals surface area contributed by atoms with Gasteiger partial charge in [-0.25, -0.2) is 4.79 Å². The summed E-state index contributed by atoms with van der Waals surface area (Å²) in [5.41, 5.74) is 3.01. The smallest absolute Gasteiger partial charge is 0.321 e. The van der Waals surface area contributed by atoms with Gasteiger partial charge in [0.2, 0.25) is 5.91 Å². The first kappa shape index (κ1) is 21.9. The third kappa shape index (κ3) is 6.09. The average molecular weight is 408 g/mol. The number of aryl methyl sites for hydroxylation is 1. The number of urea groups is 1. The number of likely N-dealkylation sites (tertiary alicyclic amines) is 1. The number of rotatable bonds is 6. The summed E-state index contributed by atoms with van der Waals surface area (Å²) in [5, 5.41) is 6.21. The van der Waals surface area contributed by atoms with E-state index in [4.69, 9.17) is 0 Å². The van der Waals surface area contributed by atoms with Crippen molar-refractivity contribution in [3.8, 4) is 0 Å². The molecule has 2 N–H and O–H groups in total. The van der Waals surface area contributed by atoms with E-state index in [-0.39, 0.29) is 23.9 Å². The lowest BCUT2D eigenvalue weighted by Crippen LogP contribution is -2.47. The Bertz CT molecular complexity index is 850. The van der Waals surface area contributed by atoms with E-state index in [0.717, 1.165) is 36.1 Å². The van der Waals surface area contributed by atoms with E-state index in [1.54, 1.807) is 4.90 Å². The van der Waals surface area contributed by atoms with Crippen LogP contribution in [0.2, 0.25) is 0 Å². The molecule has 0 spiro atoms. The Morgan fingerprint density at radius 2 is 1.87 bits per heavy atom. The molecule has 3 amide bonds. The lowest BCUT2D eigenvalue weighted by Gasteiger charge is -2.33. The second-order valence-corrected chi connectivity index (χ2v) is 8.69. The molecule has 1 aliphatic rings. The maximum Gasteiger partial charge on any atom is 0.321 e. The highest BCUT2D eigenvalue weighted by molar-refractivity contribution is 5.90. The minimum absolute atomic E-state index is 0.00445. The molecule has 0 saturated carbocycles. The van der Waals surface area contributed by atoms with E-state index in [1.807, 2.05) is 49.4 Å². The number of hydrogen-bond acceptors (Lipinski definition) is 2. The van der Waals surface area contributed by atoms with Crippen LogP contribution in [0.3, 0.4) is 0 Å². The molecule has 2 atom stereocenters. The van der Waals surface area contributed by atoms with Gasteiger partial charge in [0, 0.05) is 18.8 Å². The molecule has 2 aromatic carbocycles. The molecule has 5 heteroatoms. The fourth-order valence-corrected chi connectivity index (χ4v) is 4.03. The predicted octanol–water partition coefficient (Wildman–Crippen LogP) is 5.14. The van der Waals surface area contributed by atoms with Gasteiger partial charge in [0.25, 0.3) is 0 Å². The van der Waals surface area contributed by atoms with Gasteiger partial charge < -0.3 is 15.5 Å². The Labute approximate surface area is 179 Å². The summed E-state index contributed by atoms with van der Waals surface area (Å²) >= 11 is 0. The highest BCUT2D eigenvalue weighted by Crippen LogP contribution is 2.24. The van der Waals surface area contributed by atoms with Crippen molar-refractivity contribution in [1.82, 2.24) is 10.2 Å². The van der Waals surface area contributed by atoms with Crippen LogP contribution < -0.4 is 10.6 Å². The fourth-order valence-electron chi connectivity index (χ4n) is 4.03. The number of nitrogens with one attached hydrogen (secondary N) is 2. The zero-order chi connectivity index (χ0) is 21.5. The zero-order valence-corrected chi connectivity index (χ0v) is 18.2. The number of hydrogen-bond donors (Lipinski definition) is 2. The SMILES string of the molecule is Cc1cccc(NC(=O)N2CCC[C@@H](C(=O)N[C@@H](CC(C)C)c3ccccc3)C2)c1. The lowest BCUT2D eigenvalue weighted by molar-refractivity contribution is -0.127. The summed E-state index contributed by atoms with van der Waals surface area (Å²) in [4.78, 5) is 27.5. The first-order valence-electron chi connectivity index (χ1n) is 10.9. The minimum Gasteiger partial charge on any atom is -0.349 e. The number of benzene rings is 2.